The Morgan fingerprint density at radius 1 is 1.21 bits per heavy atom. The maximum Gasteiger partial charge on any atom is 0.251 e. The molecule has 0 aliphatic carbocycles. The molecule has 9 nitrogen and oxygen atoms in total. The molecule has 112 valence electrons. The van der Waals surface area contributed by atoms with Gasteiger partial charge >= 0.3 is 0 Å². The van der Waals surface area contributed by atoms with Crippen molar-refractivity contribution in [3.63, 3.8) is 0 Å². The van der Waals surface area contributed by atoms with E-state index in [0.29, 0.717) is 24.4 Å². The van der Waals surface area contributed by atoms with Crippen molar-refractivity contribution in [2.75, 3.05) is 13.1 Å². The van der Waals surface area contributed by atoms with Crippen LogP contribution in [0.1, 0.15) is 32.1 Å². The molecule has 2 atom stereocenters. The van der Waals surface area contributed by atoms with E-state index in [1.54, 1.807) is 0 Å². The average Bonchev–Trinajstić information content (AvgIpc) is 2.33. The van der Waals surface area contributed by atoms with Gasteiger partial charge in [0.15, 0.2) is 5.03 Å². The summed E-state index contributed by atoms with van der Waals surface area (Å²) in [7, 11) is 0. The van der Waals surface area contributed by atoms with Gasteiger partial charge in [0.1, 0.15) is 0 Å². The lowest BCUT2D eigenvalue weighted by Crippen LogP contribution is -2.44. The van der Waals surface area contributed by atoms with E-state index in [4.69, 9.17) is 28.3 Å². The van der Waals surface area contributed by atoms with Gasteiger partial charge in [-0.3, -0.25) is 5.41 Å². The summed E-state index contributed by atoms with van der Waals surface area (Å²) < 4.78 is 0. The first kappa shape index (κ1) is 17.6. The molecule has 0 spiro atoms. The number of guanidine groups is 1. The molecule has 0 heterocycles. The largest absolute Gasteiger partial charge is 0.365 e. The molecule has 0 saturated carbocycles. The minimum Gasteiger partial charge on any atom is -0.365 e. The molecule has 0 rings (SSSR count). The monoisotopic (exact) mass is 275 g/mol. The molecule has 0 aromatic heterocycles. The van der Waals surface area contributed by atoms with Crippen molar-refractivity contribution in [2.24, 2.45) is 22.9 Å². The molecule has 0 radical (unpaired) electrons. The van der Waals surface area contributed by atoms with Crippen molar-refractivity contribution in [2.45, 2.75) is 44.2 Å². The molecule has 19 heavy (non-hydrogen) atoms. The Bertz CT molecular complexity index is 273. The van der Waals surface area contributed by atoms with E-state index >= 15 is 0 Å². The van der Waals surface area contributed by atoms with Crippen LogP contribution in [0, 0.1) is 15.5 Å². The van der Waals surface area contributed by atoms with E-state index < -0.39 is 11.0 Å². The van der Waals surface area contributed by atoms with Crippen LogP contribution in [0.3, 0.4) is 0 Å². The molecule has 0 amide bonds. The number of hydrogen-bond donors (Lipinski definition) is 5. The third kappa shape index (κ3) is 7.54. The van der Waals surface area contributed by atoms with E-state index in [1.807, 2.05) is 0 Å². The van der Waals surface area contributed by atoms with Gasteiger partial charge in [-0.15, -0.1) is 0 Å². The zero-order chi connectivity index (χ0) is 14.8. The van der Waals surface area contributed by atoms with Crippen LogP contribution >= 0.6 is 0 Å². The lowest BCUT2D eigenvalue weighted by molar-refractivity contribution is -0.629. The lowest BCUT2D eigenvalue weighted by atomic mass is 9.99. The molecule has 0 aromatic rings. The van der Waals surface area contributed by atoms with E-state index in [2.05, 4.69) is 0 Å². The standard InChI is InChI=1S/C10H25N7O2/c11-6-2-1-4-8(12)9(13)5-3-7-16(10(14)15)17(18)19/h8-9H,1-7,11-13H2,(H3,14,15)/t8?,9-/m0/s1. The molecular formula is C10H25N7O2. The number of hydrogen-bond acceptors (Lipinski definition) is 6. The number of nitrogens with zero attached hydrogens (tertiary/aromatic N) is 2. The van der Waals surface area contributed by atoms with Gasteiger partial charge in [0.2, 0.25) is 0 Å². The van der Waals surface area contributed by atoms with Gasteiger partial charge in [-0.1, -0.05) is 11.4 Å². The highest BCUT2D eigenvalue weighted by atomic mass is 16.7. The number of rotatable bonds is 10. The van der Waals surface area contributed by atoms with Gasteiger partial charge < -0.3 is 22.9 Å². The number of nitro groups is 1. The highest BCUT2D eigenvalue weighted by molar-refractivity contribution is 5.73. The number of unbranched alkanes of at least 4 members (excludes halogenated alkanes) is 1. The first-order valence-corrected chi connectivity index (χ1v) is 6.37. The molecule has 9 heteroatoms. The molecule has 0 bridgehead atoms. The van der Waals surface area contributed by atoms with E-state index in [9.17, 15) is 10.1 Å². The number of nitrogens with two attached hydrogens (primary N) is 4. The summed E-state index contributed by atoms with van der Waals surface area (Å²) in [5.74, 6) is -0.578. The molecule has 0 aliphatic rings. The van der Waals surface area contributed by atoms with Gasteiger partial charge in [0, 0.05) is 12.1 Å². The van der Waals surface area contributed by atoms with Gasteiger partial charge in [-0.05, 0) is 32.2 Å². The Balaban J connectivity index is 3.91. The van der Waals surface area contributed by atoms with Crippen LogP contribution in [0.5, 0.6) is 0 Å². The molecule has 1 unspecified atom stereocenters. The summed E-state index contributed by atoms with van der Waals surface area (Å²) in [4.78, 5) is 10.6. The number of hydrazine groups is 1. The van der Waals surface area contributed by atoms with E-state index in [-0.39, 0.29) is 18.6 Å². The predicted molar refractivity (Wildman–Crippen MR) is 73.7 cm³/mol. The lowest BCUT2D eigenvalue weighted by Gasteiger charge is -2.20. The van der Waals surface area contributed by atoms with Crippen LogP contribution in [0.2, 0.25) is 0 Å². The molecule has 0 fully saturated rings. The van der Waals surface area contributed by atoms with Gasteiger partial charge in [-0.25, -0.2) is 10.1 Å². The fourth-order valence-electron chi connectivity index (χ4n) is 1.72. The first-order chi connectivity index (χ1) is 8.90. The van der Waals surface area contributed by atoms with Crippen LogP contribution in [-0.2, 0) is 0 Å². The first-order valence-electron chi connectivity index (χ1n) is 6.37. The predicted octanol–water partition coefficient (Wildman–Crippen LogP) is -1.06. The third-order valence-electron chi connectivity index (χ3n) is 2.92. The number of nitrogens with one attached hydrogen (secondary N) is 1. The summed E-state index contributed by atoms with van der Waals surface area (Å²) in [6.45, 7) is 0.698. The maximum atomic E-state index is 10.6. The molecule has 9 N–H and O–H groups in total. The SMILES string of the molecule is N=C(N)N(CCC[C@H](N)C(N)CCCCN)[N+](=O)[O-]. The highest BCUT2D eigenvalue weighted by Crippen LogP contribution is 2.06. The Morgan fingerprint density at radius 3 is 2.16 bits per heavy atom. The Morgan fingerprint density at radius 2 is 1.74 bits per heavy atom. The molecule has 0 aliphatic heterocycles. The van der Waals surface area contributed by atoms with Crippen LogP contribution in [0.4, 0.5) is 0 Å². The summed E-state index contributed by atoms with van der Waals surface area (Å²) in [5.41, 5.74) is 22.3. The molecule has 0 aromatic carbocycles. The van der Waals surface area contributed by atoms with E-state index in [1.165, 1.54) is 0 Å². The van der Waals surface area contributed by atoms with Crippen LogP contribution in [-0.4, -0.2) is 41.2 Å². The summed E-state index contributed by atoms with van der Waals surface area (Å²) >= 11 is 0. The van der Waals surface area contributed by atoms with Gasteiger partial charge in [-0.2, -0.15) is 0 Å². The van der Waals surface area contributed by atoms with E-state index in [0.717, 1.165) is 19.3 Å². The fourth-order valence-corrected chi connectivity index (χ4v) is 1.72. The Hall–Kier alpha value is -1.45. The van der Waals surface area contributed by atoms with Crippen molar-refractivity contribution >= 4 is 5.96 Å². The van der Waals surface area contributed by atoms with Crippen LogP contribution in [0.15, 0.2) is 0 Å². The summed E-state index contributed by atoms with van der Waals surface area (Å²) in [6.07, 6.45) is 3.66. The fraction of sp³-hybridized carbons (Fsp3) is 0.900. The summed E-state index contributed by atoms with van der Waals surface area (Å²) in [5, 5.41) is 17.5. The minimum absolute atomic E-state index is 0.0611. The van der Waals surface area contributed by atoms with Crippen LogP contribution < -0.4 is 22.9 Å². The summed E-state index contributed by atoms with van der Waals surface area (Å²) in [6, 6.07) is -0.341. The van der Waals surface area contributed by atoms with Gasteiger partial charge in [0.05, 0.1) is 6.54 Å². The third-order valence-corrected chi connectivity index (χ3v) is 2.92. The quantitative estimate of drug-likeness (QED) is 0.111. The van der Waals surface area contributed by atoms with Crippen molar-refractivity contribution in [3.8, 4) is 0 Å². The van der Waals surface area contributed by atoms with Gasteiger partial charge in [0.25, 0.3) is 5.96 Å². The molecular weight excluding hydrogens is 250 g/mol. The zero-order valence-corrected chi connectivity index (χ0v) is 11.1. The Kier molecular flexibility index (Phi) is 8.75. The van der Waals surface area contributed by atoms with Crippen molar-refractivity contribution in [3.05, 3.63) is 10.1 Å². The second-order valence-electron chi connectivity index (χ2n) is 4.50. The van der Waals surface area contributed by atoms with Crippen molar-refractivity contribution < 1.29 is 5.03 Å². The van der Waals surface area contributed by atoms with Crippen molar-refractivity contribution in [1.29, 1.82) is 5.41 Å². The highest BCUT2D eigenvalue weighted by Gasteiger charge is 2.19. The topological polar surface area (TPSA) is 174 Å². The van der Waals surface area contributed by atoms with Crippen LogP contribution in [0.25, 0.3) is 0 Å². The minimum atomic E-state index is -0.699. The maximum absolute atomic E-state index is 10.6. The normalized spacial score (nSPS) is 13.8. The Labute approximate surface area is 112 Å². The second-order valence-corrected chi connectivity index (χ2v) is 4.50. The second kappa shape index (κ2) is 9.48. The van der Waals surface area contributed by atoms with Crippen molar-refractivity contribution in [1.82, 2.24) is 5.01 Å². The zero-order valence-electron chi connectivity index (χ0n) is 11.1. The smallest absolute Gasteiger partial charge is 0.251 e. The average molecular weight is 275 g/mol. The molecule has 0 saturated heterocycles.